The highest BCUT2D eigenvalue weighted by Crippen LogP contribution is 2.17. The lowest BCUT2D eigenvalue weighted by Crippen LogP contribution is -2.49. The SMILES string of the molecule is CCOc1ccc(NC(=O)N2CCN(Cc3nnnn3-c3ccc(F)cc3)CC2)cc1. The van der Waals surface area contributed by atoms with Gasteiger partial charge >= 0.3 is 6.03 Å². The van der Waals surface area contributed by atoms with Crippen molar-refractivity contribution in [3.05, 3.63) is 60.2 Å². The van der Waals surface area contributed by atoms with E-state index in [4.69, 9.17) is 4.74 Å². The van der Waals surface area contributed by atoms with Gasteiger partial charge in [-0.1, -0.05) is 0 Å². The van der Waals surface area contributed by atoms with Crippen molar-refractivity contribution in [2.45, 2.75) is 13.5 Å². The molecule has 0 bridgehead atoms. The second kappa shape index (κ2) is 9.52. The van der Waals surface area contributed by atoms with Crippen molar-refractivity contribution in [3.63, 3.8) is 0 Å². The highest BCUT2D eigenvalue weighted by molar-refractivity contribution is 5.89. The number of ether oxygens (including phenoxy) is 1. The number of rotatable bonds is 6. The van der Waals surface area contributed by atoms with E-state index in [-0.39, 0.29) is 11.8 Å². The molecule has 0 saturated carbocycles. The molecule has 1 fully saturated rings. The Bertz CT molecular complexity index is 999. The number of tetrazole rings is 1. The van der Waals surface area contributed by atoms with Gasteiger partial charge in [0, 0.05) is 31.9 Å². The molecule has 3 aromatic rings. The molecule has 0 unspecified atom stereocenters. The van der Waals surface area contributed by atoms with Gasteiger partial charge in [0.2, 0.25) is 0 Å². The van der Waals surface area contributed by atoms with Crippen LogP contribution in [-0.4, -0.2) is 68.8 Å². The van der Waals surface area contributed by atoms with E-state index in [1.54, 1.807) is 21.7 Å². The van der Waals surface area contributed by atoms with Gasteiger partial charge < -0.3 is 15.0 Å². The molecule has 0 atom stereocenters. The monoisotopic (exact) mass is 425 g/mol. The summed E-state index contributed by atoms with van der Waals surface area (Å²) < 4.78 is 20.2. The molecule has 10 heteroatoms. The molecule has 0 radical (unpaired) electrons. The predicted octanol–water partition coefficient (Wildman–Crippen LogP) is 2.55. The summed E-state index contributed by atoms with van der Waals surface area (Å²) >= 11 is 0. The topological polar surface area (TPSA) is 88.4 Å². The number of nitrogens with zero attached hydrogens (tertiary/aromatic N) is 6. The van der Waals surface area contributed by atoms with Crippen molar-refractivity contribution in [1.82, 2.24) is 30.0 Å². The summed E-state index contributed by atoms with van der Waals surface area (Å²) in [6.45, 7) is 5.67. The van der Waals surface area contributed by atoms with Crippen molar-refractivity contribution in [2.24, 2.45) is 0 Å². The second-order valence-corrected chi connectivity index (χ2v) is 7.13. The molecule has 0 aliphatic carbocycles. The zero-order valence-corrected chi connectivity index (χ0v) is 17.2. The molecule has 0 spiro atoms. The van der Waals surface area contributed by atoms with Crippen molar-refractivity contribution in [1.29, 1.82) is 0 Å². The van der Waals surface area contributed by atoms with Crippen molar-refractivity contribution >= 4 is 11.7 Å². The number of hydrogen-bond donors (Lipinski definition) is 1. The van der Waals surface area contributed by atoms with Crippen LogP contribution in [0.25, 0.3) is 5.69 Å². The maximum Gasteiger partial charge on any atom is 0.321 e. The number of amides is 2. The van der Waals surface area contributed by atoms with Gasteiger partial charge in [0.1, 0.15) is 11.6 Å². The highest BCUT2D eigenvalue weighted by atomic mass is 19.1. The van der Waals surface area contributed by atoms with E-state index in [0.717, 1.165) is 11.4 Å². The third kappa shape index (κ3) is 5.15. The summed E-state index contributed by atoms with van der Waals surface area (Å²) in [4.78, 5) is 16.5. The molecule has 162 valence electrons. The minimum absolute atomic E-state index is 0.125. The van der Waals surface area contributed by atoms with E-state index in [0.29, 0.717) is 50.8 Å². The van der Waals surface area contributed by atoms with Crippen molar-refractivity contribution in [2.75, 3.05) is 38.1 Å². The summed E-state index contributed by atoms with van der Waals surface area (Å²) in [6, 6.07) is 13.2. The molecule has 1 saturated heterocycles. The van der Waals surface area contributed by atoms with Gasteiger partial charge in [-0.05, 0) is 65.9 Å². The summed E-state index contributed by atoms with van der Waals surface area (Å²) in [5.41, 5.74) is 1.43. The van der Waals surface area contributed by atoms with Crippen LogP contribution in [0.15, 0.2) is 48.5 Å². The Morgan fingerprint density at radius 1 is 1.06 bits per heavy atom. The maximum atomic E-state index is 13.2. The molecule has 1 aliphatic heterocycles. The Labute approximate surface area is 179 Å². The van der Waals surface area contributed by atoms with E-state index in [2.05, 4.69) is 25.7 Å². The Morgan fingerprint density at radius 3 is 2.45 bits per heavy atom. The van der Waals surface area contributed by atoms with Gasteiger partial charge in [-0.3, -0.25) is 4.90 Å². The average molecular weight is 425 g/mol. The Balaban J connectivity index is 1.30. The lowest BCUT2D eigenvalue weighted by molar-refractivity contribution is 0.140. The largest absolute Gasteiger partial charge is 0.494 e. The van der Waals surface area contributed by atoms with Crippen LogP contribution in [0, 0.1) is 5.82 Å². The van der Waals surface area contributed by atoms with Crippen LogP contribution in [0.5, 0.6) is 5.75 Å². The third-order valence-electron chi connectivity index (χ3n) is 5.05. The lowest BCUT2D eigenvalue weighted by Gasteiger charge is -2.34. The Hall–Kier alpha value is -3.53. The van der Waals surface area contributed by atoms with Gasteiger partial charge in [-0.15, -0.1) is 5.10 Å². The first-order valence-corrected chi connectivity index (χ1v) is 10.2. The zero-order valence-electron chi connectivity index (χ0n) is 17.2. The summed E-state index contributed by atoms with van der Waals surface area (Å²) in [5, 5.41) is 14.8. The number of carbonyl (C=O) groups excluding carboxylic acids is 1. The molecule has 1 aliphatic rings. The number of carbonyl (C=O) groups is 1. The summed E-state index contributed by atoms with van der Waals surface area (Å²) in [7, 11) is 0. The van der Waals surface area contributed by atoms with Crippen LogP contribution >= 0.6 is 0 Å². The molecule has 1 aromatic heterocycles. The van der Waals surface area contributed by atoms with E-state index in [9.17, 15) is 9.18 Å². The lowest BCUT2D eigenvalue weighted by atomic mass is 10.3. The van der Waals surface area contributed by atoms with Crippen LogP contribution < -0.4 is 10.1 Å². The minimum atomic E-state index is -0.307. The molecule has 31 heavy (non-hydrogen) atoms. The first-order valence-electron chi connectivity index (χ1n) is 10.2. The molecular formula is C21H24FN7O2. The van der Waals surface area contributed by atoms with E-state index >= 15 is 0 Å². The molecule has 9 nitrogen and oxygen atoms in total. The van der Waals surface area contributed by atoms with E-state index in [1.807, 2.05) is 31.2 Å². The smallest absolute Gasteiger partial charge is 0.321 e. The fraction of sp³-hybridized carbons (Fsp3) is 0.333. The number of aromatic nitrogens is 4. The maximum absolute atomic E-state index is 13.2. The van der Waals surface area contributed by atoms with Gasteiger partial charge in [0.15, 0.2) is 5.82 Å². The van der Waals surface area contributed by atoms with Crippen LogP contribution in [0.2, 0.25) is 0 Å². The minimum Gasteiger partial charge on any atom is -0.494 e. The van der Waals surface area contributed by atoms with Crippen LogP contribution in [0.3, 0.4) is 0 Å². The molecule has 2 aromatic carbocycles. The normalized spacial score (nSPS) is 14.5. The number of nitrogens with one attached hydrogen (secondary N) is 1. The number of piperazine rings is 1. The van der Waals surface area contributed by atoms with E-state index in [1.165, 1.54) is 12.1 Å². The number of hydrogen-bond acceptors (Lipinski definition) is 6. The van der Waals surface area contributed by atoms with Gasteiger partial charge in [0.25, 0.3) is 0 Å². The molecular weight excluding hydrogens is 401 g/mol. The Kier molecular flexibility index (Phi) is 6.37. The highest BCUT2D eigenvalue weighted by Gasteiger charge is 2.23. The van der Waals surface area contributed by atoms with Crippen LogP contribution in [0.1, 0.15) is 12.7 Å². The number of benzene rings is 2. The van der Waals surface area contributed by atoms with E-state index < -0.39 is 0 Å². The fourth-order valence-electron chi connectivity index (χ4n) is 3.40. The molecule has 2 amide bonds. The van der Waals surface area contributed by atoms with Gasteiger partial charge in [-0.25, -0.2) is 9.18 Å². The van der Waals surface area contributed by atoms with Crippen molar-refractivity contribution < 1.29 is 13.9 Å². The molecule has 4 rings (SSSR count). The quantitative estimate of drug-likeness (QED) is 0.653. The first kappa shape index (κ1) is 20.7. The Morgan fingerprint density at radius 2 is 1.77 bits per heavy atom. The molecule has 1 N–H and O–H groups in total. The summed E-state index contributed by atoms with van der Waals surface area (Å²) in [5.74, 6) is 1.13. The predicted molar refractivity (Wildman–Crippen MR) is 113 cm³/mol. The zero-order chi connectivity index (χ0) is 21.6. The fourth-order valence-corrected chi connectivity index (χ4v) is 3.40. The third-order valence-corrected chi connectivity index (χ3v) is 5.05. The first-order chi connectivity index (χ1) is 15.1. The van der Waals surface area contributed by atoms with Crippen molar-refractivity contribution in [3.8, 4) is 11.4 Å². The van der Waals surface area contributed by atoms with Crippen LogP contribution in [-0.2, 0) is 6.54 Å². The average Bonchev–Trinajstić information content (AvgIpc) is 3.24. The van der Waals surface area contributed by atoms with Gasteiger partial charge in [-0.2, -0.15) is 4.68 Å². The van der Waals surface area contributed by atoms with Crippen LogP contribution in [0.4, 0.5) is 14.9 Å². The summed E-state index contributed by atoms with van der Waals surface area (Å²) in [6.07, 6.45) is 0. The standard InChI is InChI=1S/C21H24FN7O2/c1-2-31-19-9-5-17(6-10-19)23-21(30)28-13-11-27(12-14-28)15-20-24-25-26-29(20)18-7-3-16(22)4-8-18/h3-10H,2,11-15H2,1H3,(H,23,30). The molecule has 2 heterocycles. The van der Waals surface area contributed by atoms with Gasteiger partial charge in [0.05, 0.1) is 18.8 Å². The number of urea groups is 1. The number of anilines is 1. The number of halogens is 1. The second-order valence-electron chi connectivity index (χ2n) is 7.13.